The van der Waals surface area contributed by atoms with E-state index in [4.69, 9.17) is 4.74 Å². The van der Waals surface area contributed by atoms with E-state index in [2.05, 4.69) is 12.2 Å². The molecule has 2 heterocycles. The van der Waals surface area contributed by atoms with Crippen molar-refractivity contribution in [1.82, 2.24) is 0 Å². The normalized spacial score (nSPS) is 19.1. The second kappa shape index (κ2) is 7.71. The van der Waals surface area contributed by atoms with Crippen molar-refractivity contribution in [3.8, 4) is 5.75 Å². The number of fused-ring (bicyclic) bond motifs is 3. The molecular formula is C26H25N3O3. The predicted octanol–water partition coefficient (Wildman–Crippen LogP) is 4.77. The summed E-state index contributed by atoms with van der Waals surface area (Å²) in [4.78, 5) is 31.2. The Morgan fingerprint density at radius 3 is 2.38 bits per heavy atom. The minimum atomic E-state index is -1.36. The summed E-state index contributed by atoms with van der Waals surface area (Å²) in [7, 11) is 0. The quantitative estimate of drug-likeness (QED) is 0.637. The van der Waals surface area contributed by atoms with Crippen LogP contribution < -0.4 is 19.9 Å². The average molecular weight is 428 g/mol. The zero-order valence-corrected chi connectivity index (χ0v) is 18.2. The van der Waals surface area contributed by atoms with Gasteiger partial charge in [-0.05, 0) is 55.8 Å². The van der Waals surface area contributed by atoms with Crippen molar-refractivity contribution in [3.05, 3.63) is 83.9 Å². The lowest BCUT2D eigenvalue weighted by Crippen LogP contribution is -2.63. The van der Waals surface area contributed by atoms with Crippen LogP contribution in [0, 0.1) is 0 Å². The molecule has 3 aromatic carbocycles. The number of carbonyl (C=O) groups excluding carboxylic acids is 2. The van der Waals surface area contributed by atoms with Gasteiger partial charge >= 0.3 is 0 Å². The molecule has 1 spiro atoms. The van der Waals surface area contributed by atoms with Gasteiger partial charge in [0.15, 0.2) is 0 Å². The highest BCUT2D eigenvalue weighted by atomic mass is 16.5. The van der Waals surface area contributed by atoms with Gasteiger partial charge < -0.3 is 15.0 Å². The topological polar surface area (TPSA) is 61.9 Å². The summed E-state index contributed by atoms with van der Waals surface area (Å²) in [6, 6.07) is 22.4. The van der Waals surface area contributed by atoms with E-state index in [9.17, 15) is 9.59 Å². The van der Waals surface area contributed by atoms with Gasteiger partial charge in [-0.25, -0.2) is 0 Å². The van der Waals surface area contributed by atoms with Crippen molar-refractivity contribution in [2.24, 2.45) is 0 Å². The number of hydrogen-bond donors (Lipinski definition) is 1. The maximum Gasteiger partial charge on any atom is 0.279 e. The monoisotopic (exact) mass is 427 g/mol. The Morgan fingerprint density at radius 1 is 0.906 bits per heavy atom. The molecular weight excluding hydrogens is 402 g/mol. The molecule has 162 valence electrons. The van der Waals surface area contributed by atoms with Crippen molar-refractivity contribution in [2.75, 3.05) is 28.3 Å². The van der Waals surface area contributed by atoms with Gasteiger partial charge in [-0.15, -0.1) is 0 Å². The van der Waals surface area contributed by atoms with Crippen LogP contribution >= 0.6 is 0 Å². The van der Waals surface area contributed by atoms with Crippen molar-refractivity contribution in [2.45, 2.75) is 25.9 Å². The van der Waals surface area contributed by atoms with Gasteiger partial charge in [0.1, 0.15) is 5.75 Å². The summed E-state index contributed by atoms with van der Waals surface area (Å²) in [5, 5.41) is 3.45. The number of carbonyl (C=O) groups is 2. The number of nitrogens with zero attached hydrogens (tertiary/aromatic N) is 2. The maximum absolute atomic E-state index is 14.0. The second-order valence-electron chi connectivity index (χ2n) is 7.93. The van der Waals surface area contributed by atoms with Crippen LogP contribution in [-0.4, -0.2) is 25.0 Å². The van der Waals surface area contributed by atoms with Gasteiger partial charge in [0.05, 0.1) is 17.9 Å². The first kappa shape index (κ1) is 20.1. The van der Waals surface area contributed by atoms with Gasteiger partial charge in [0, 0.05) is 23.5 Å². The fourth-order valence-electron chi connectivity index (χ4n) is 4.61. The number of ether oxygens (including phenoxy) is 1. The number of rotatable bonds is 5. The molecule has 32 heavy (non-hydrogen) atoms. The van der Waals surface area contributed by atoms with E-state index >= 15 is 0 Å². The maximum atomic E-state index is 14.0. The molecule has 0 radical (unpaired) electrons. The largest absolute Gasteiger partial charge is 0.494 e. The number of nitrogens with one attached hydrogen (secondary N) is 1. The van der Waals surface area contributed by atoms with Crippen LogP contribution in [0.5, 0.6) is 5.75 Å². The lowest BCUT2D eigenvalue weighted by molar-refractivity contribution is -0.122. The summed E-state index contributed by atoms with van der Waals surface area (Å²) >= 11 is 0. The molecule has 2 aliphatic heterocycles. The first-order chi connectivity index (χ1) is 15.6. The number of likely N-dealkylation sites (N-methyl/N-ethyl adjacent to an activating group) is 1. The molecule has 6 nitrogen and oxygen atoms in total. The Bertz CT molecular complexity index is 1190. The third kappa shape index (κ3) is 2.79. The first-order valence-corrected chi connectivity index (χ1v) is 11.0. The highest BCUT2D eigenvalue weighted by Gasteiger charge is 2.59. The SMILES string of the molecule is CCCOc1ccc(N2C(=O)c3ccccc3N[C@]23C(=O)N(CC)c2ccccc23)cc1. The van der Waals surface area contributed by atoms with Gasteiger partial charge in [-0.2, -0.15) is 0 Å². The molecule has 2 aliphatic rings. The van der Waals surface area contributed by atoms with Gasteiger partial charge in [-0.3, -0.25) is 14.5 Å². The second-order valence-corrected chi connectivity index (χ2v) is 7.93. The zero-order valence-electron chi connectivity index (χ0n) is 18.2. The van der Waals surface area contributed by atoms with Crippen molar-refractivity contribution in [3.63, 3.8) is 0 Å². The van der Waals surface area contributed by atoms with Gasteiger partial charge in [0.25, 0.3) is 11.8 Å². The third-order valence-electron chi connectivity index (χ3n) is 6.03. The van der Waals surface area contributed by atoms with E-state index in [1.807, 2.05) is 73.7 Å². The summed E-state index contributed by atoms with van der Waals surface area (Å²) in [5.74, 6) is 0.342. The van der Waals surface area contributed by atoms with Crippen molar-refractivity contribution < 1.29 is 14.3 Å². The van der Waals surface area contributed by atoms with E-state index < -0.39 is 5.66 Å². The molecule has 0 fully saturated rings. The molecule has 2 amide bonds. The molecule has 0 aromatic heterocycles. The summed E-state index contributed by atoms with van der Waals surface area (Å²) in [6.07, 6.45) is 0.911. The van der Waals surface area contributed by atoms with Crippen LogP contribution in [0.25, 0.3) is 0 Å². The molecule has 6 heteroatoms. The van der Waals surface area contributed by atoms with Gasteiger partial charge in [0.2, 0.25) is 5.66 Å². The number of anilines is 3. The van der Waals surface area contributed by atoms with Crippen molar-refractivity contribution >= 4 is 28.9 Å². The van der Waals surface area contributed by atoms with E-state index in [1.165, 1.54) is 0 Å². The highest BCUT2D eigenvalue weighted by molar-refractivity contribution is 6.22. The van der Waals surface area contributed by atoms with E-state index in [1.54, 1.807) is 15.9 Å². The Balaban J connectivity index is 1.71. The van der Waals surface area contributed by atoms with Crippen LogP contribution in [-0.2, 0) is 10.5 Å². The minimum Gasteiger partial charge on any atom is -0.494 e. The van der Waals surface area contributed by atoms with Gasteiger partial charge in [-0.1, -0.05) is 37.3 Å². The van der Waals surface area contributed by atoms with Crippen LogP contribution in [0.1, 0.15) is 36.2 Å². The van der Waals surface area contributed by atoms with E-state index in [0.717, 1.165) is 23.4 Å². The smallest absolute Gasteiger partial charge is 0.279 e. The minimum absolute atomic E-state index is 0.171. The lowest BCUT2D eigenvalue weighted by atomic mass is 9.92. The summed E-state index contributed by atoms with van der Waals surface area (Å²) < 4.78 is 5.72. The molecule has 0 saturated carbocycles. The van der Waals surface area contributed by atoms with Crippen LogP contribution in [0.2, 0.25) is 0 Å². The fourth-order valence-corrected chi connectivity index (χ4v) is 4.61. The molecule has 0 bridgehead atoms. The molecule has 3 aromatic rings. The fraction of sp³-hybridized carbons (Fsp3) is 0.231. The van der Waals surface area contributed by atoms with Crippen LogP contribution in [0.3, 0.4) is 0 Å². The third-order valence-corrected chi connectivity index (χ3v) is 6.03. The number of amides is 2. The van der Waals surface area contributed by atoms with E-state index in [0.29, 0.717) is 30.1 Å². The standard InChI is InChI=1S/C26H25N3O3/c1-3-17-32-19-15-13-18(14-16-19)29-24(30)20-9-5-7-11-22(20)27-26(29)21-10-6-8-12-23(21)28(4-2)25(26)31/h5-16,27H,3-4,17H2,1-2H3/t26-/m0/s1. The number of para-hydroxylation sites is 2. The Labute approximate surface area is 187 Å². The molecule has 1 atom stereocenters. The lowest BCUT2D eigenvalue weighted by Gasteiger charge is -2.45. The van der Waals surface area contributed by atoms with Crippen LogP contribution in [0.4, 0.5) is 17.1 Å². The first-order valence-electron chi connectivity index (χ1n) is 11.0. The number of benzene rings is 3. The Morgan fingerprint density at radius 2 is 1.62 bits per heavy atom. The summed E-state index contributed by atoms with van der Waals surface area (Å²) in [5.41, 5.74) is 2.03. The summed E-state index contributed by atoms with van der Waals surface area (Å²) in [6.45, 7) is 5.12. The average Bonchev–Trinajstić information content (AvgIpc) is 3.06. The molecule has 1 N–H and O–H groups in total. The Kier molecular flexibility index (Phi) is 4.85. The van der Waals surface area contributed by atoms with Crippen LogP contribution in [0.15, 0.2) is 72.8 Å². The predicted molar refractivity (Wildman–Crippen MR) is 125 cm³/mol. The molecule has 0 saturated heterocycles. The molecule has 5 rings (SSSR count). The molecule has 0 aliphatic carbocycles. The molecule has 0 unspecified atom stereocenters. The van der Waals surface area contributed by atoms with E-state index in [-0.39, 0.29) is 11.8 Å². The Hall–Kier alpha value is -3.80. The number of hydrogen-bond acceptors (Lipinski definition) is 4. The highest BCUT2D eigenvalue weighted by Crippen LogP contribution is 2.49. The zero-order chi connectivity index (χ0) is 22.3. The van der Waals surface area contributed by atoms with Crippen molar-refractivity contribution in [1.29, 1.82) is 0 Å².